The molecule has 4 nitrogen and oxygen atoms in total. The van der Waals surface area contributed by atoms with Crippen LogP contribution in [0, 0.1) is 0 Å². The molecule has 0 aromatic carbocycles. The van der Waals surface area contributed by atoms with Crippen LogP contribution >= 0.6 is 0 Å². The average Bonchev–Trinajstić information content (AvgIpc) is 2.17. The van der Waals surface area contributed by atoms with E-state index in [1.807, 2.05) is 0 Å². The van der Waals surface area contributed by atoms with Crippen LogP contribution in [0.25, 0.3) is 0 Å². The average molecular weight is 210 g/mol. The number of esters is 2. The van der Waals surface area contributed by atoms with Crippen LogP contribution in [0.5, 0.6) is 0 Å². The quantitative estimate of drug-likeness (QED) is 0.504. The fourth-order valence-electron chi connectivity index (χ4n) is 0.701. The molecule has 0 radical (unpaired) electrons. The largest absolute Gasteiger partial charge is 0.421 e. The molecule has 0 aliphatic rings. The van der Waals surface area contributed by atoms with Crippen molar-refractivity contribution in [1.29, 1.82) is 0 Å². The zero-order valence-electron chi connectivity index (χ0n) is 8.01. The highest BCUT2D eigenvalue weighted by Gasteiger charge is 2.31. The molecule has 0 aliphatic carbocycles. The second-order valence-corrected chi connectivity index (χ2v) is 2.70. The highest BCUT2D eigenvalue weighted by molar-refractivity contribution is 5.73. The Labute approximate surface area is 80.2 Å². The Morgan fingerprint density at radius 1 is 1.14 bits per heavy atom. The molecule has 0 N–H and O–H groups in total. The van der Waals surface area contributed by atoms with Crippen molar-refractivity contribution >= 4 is 11.9 Å². The maximum Gasteiger partial charge on any atom is 0.340 e. The van der Waals surface area contributed by atoms with Crippen LogP contribution < -0.4 is 0 Å². The summed E-state index contributed by atoms with van der Waals surface area (Å²) in [5.74, 6) is -3.89. The van der Waals surface area contributed by atoms with Crippen LogP contribution in [0.2, 0.25) is 0 Å². The van der Waals surface area contributed by atoms with Gasteiger partial charge in [0.15, 0.2) is 13.3 Å². The Hall–Kier alpha value is -1.20. The topological polar surface area (TPSA) is 52.6 Å². The van der Waals surface area contributed by atoms with E-state index >= 15 is 0 Å². The van der Waals surface area contributed by atoms with Crippen LogP contribution in [-0.2, 0) is 19.1 Å². The van der Waals surface area contributed by atoms with Gasteiger partial charge in [-0.05, 0) is 0 Å². The van der Waals surface area contributed by atoms with Crippen LogP contribution in [0.3, 0.4) is 0 Å². The molecule has 0 bridgehead atoms. The van der Waals surface area contributed by atoms with Crippen molar-refractivity contribution in [1.82, 2.24) is 0 Å². The summed E-state index contributed by atoms with van der Waals surface area (Å²) in [7, 11) is 0. The fraction of sp³-hybridized carbons (Fsp3) is 0.750. The van der Waals surface area contributed by atoms with Gasteiger partial charge in [0.25, 0.3) is 5.79 Å². The predicted molar refractivity (Wildman–Crippen MR) is 42.8 cm³/mol. The van der Waals surface area contributed by atoms with Crippen molar-refractivity contribution in [2.45, 2.75) is 26.1 Å². The number of alkyl halides is 2. The van der Waals surface area contributed by atoms with Gasteiger partial charge in [0.05, 0.1) is 0 Å². The van der Waals surface area contributed by atoms with Gasteiger partial charge >= 0.3 is 11.9 Å². The van der Waals surface area contributed by atoms with Gasteiger partial charge in [-0.25, -0.2) is 18.4 Å². The molecule has 0 saturated heterocycles. The van der Waals surface area contributed by atoms with E-state index in [9.17, 15) is 18.4 Å². The van der Waals surface area contributed by atoms with Crippen molar-refractivity contribution in [3.05, 3.63) is 0 Å². The molecule has 0 aromatic rings. The smallest absolute Gasteiger partial charge is 0.340 e. The molecule has 0 spiro atoms. The first-order valence-electron chi connectivity index (χ1n) is 4.03. The van der Waals surface area contributed by atoms with E-state index in [0.717, 1.165) is 0 Å². The summed E-state index contributed by atoms with van der Waals surface area (Å²) in [6, 6.07) is 0. The van der Waals surface area contributed by atoms with Gasteiger partial charge in [0.1, 0.15) is 0 Å². The first-order chi connectivity index (χ1) is 6.47. The summed E-state index contributed by atoms with van der Waals surface area (Å²) in [6.45, 7) is 0.177. The van der Waals surface area contributed by atoms with Gasteiger partial charge in [0.2, 0.25) is 0 Å². The van der Waals surface area contributed by atoms with Crippen LogP contribution in [0.15, 0.2) is 0 Å². The van der Waals surface area contributed by atoms with Crippen molar-refractivity contribution in [2.24, 2.45) is 0 Å². The summed E-state index contributed by atoms with van der Waals surface area (Å²) >= 11 is 0. The summed E-state index contributed by atoms with van der Waals surface area (Å²) < 4.78 is 32.5. The first-order valence-corrected chi connectivity index (χ1v) is 4.03. The number of ether oxygens (including phenoxy) is 2. The number of carbonyl (C=O) groups is 2. The summed E-state index contributed by atoms with van der Waals surface area (Å²) in [6.07, 6.45) is 0.116. The van der Waals surface area contributed by atoms with Gasteiger partial charge in [-0.15, -0.1) is 0 Å². The molecule has 14 heavy (non-hydrogen) atoms. The molecule has 82 valence electrons. The second-order valence-electron chi connectivity index (χ2n) is 2.70. The molecule has 0 aliphatic heterocycles. The molecule has 0 heterocycles. The minimum absolute atomic E-state index is 0.116. The van der Waals surface area contributed by atoms with Crippen LogP contribution in [0.4, 0.5) is 8.78 Å². The third kappa shape index (κ3) is 4.15. The Morgan fingerprint density at radius 3 is 1.71 bits per heavy atom. The molecule has 0 aromatic heterocycles. The lowest BCUT2D eigenvalue weighted by atomic mass is 10.2. The number of carbonyl (C=O) groups excluding carboxylic acids is 2. The molecular formula is C8H12F2O4. The van der Waals surface area contributed by atoms with E-state index in [4.69, 9.17) is 0 Å². The molecule has 0 saturated carbocycles. The first kappa shape index (κ1) is 12.8. The number of hydrogen-bond donors (Lipinski definition) is 0. The minimum Gasteiger partial charge on any atom is -0.421 e. The van der Waals surface area contributed by atoms with Gasteiger partial charge in [-0.1, -0.05) is 6.92 Å². The second kappa shape index (κ2) is 5.51. The molecule has 0 atom stereocenters. The SMILES string of the molecule is CCC(C)(OC(=O)CF)OC(=O)CF. The van der Waals surface area contributed by atoms with Gasteiger partial charge in [0, 0.05) is 13.3 Å². The molecule has 0 unspecified atom stereocenters. The summed E-state index contributed by atoms with van der Waals surface area (Å²) in [5.41, 5.74) is 0. The lowest BCUT2D eigenvalue weighted by molar-refractivity contribution is -0.224. The summed E-state index contributed by atoms with van der Waals surface area (Å²) in [4.78, 5) is 21.1. The maximum absolute atomic E-state index is 11.8. The fourth-order valence-corrected chi connectivity index (χ4v) is 0.701. The van der Waals surface area contributed by atoms with Crippen molar-refractivity contribution < 1.29 is 27.8 Å². The Kier molecular flexibility index (Phi) is 5.04. The number of rotatable bonds is 5. The normalized spacial score (nSPS) is 10.9. The van der Waals surface area contributed by atoms with Crippen molar-refractivity contribution in [3.63, 3.8) is 0 Å². The number of hydrogen-bond acceptors (Lipinski definition) is 4. The highest BCUT2D eigenvalue weighted by Crippen LogP contribution is 2.17. The lowest BCUT2D eigenvalue weighted by Crippen LogP contribution is -2.37. The molecular weight excluding hydrogens is 198 g/mol. The standard InChI is InChI=1S/C8H12F2O4/c1-3-8(2,13-6(11)4-9)14-7(12)5-10/h3-5H2,1-2H3. The van der Waals surface area contributed by atoms with Gasteiger partial charge in [-0.2, -0.15) is 0 Å². The van der Waals surface area contributed by atoms with E-state index in [-0.39, 0.29) is 6.42 Å². The Bertz CT molecular complexity index is 199. The van der Waals surface area contributed by atoms with E-state index in [1.54, 1.807) is 6.92 Å². The summed E-state index contributed by atoms with van der Waals surface area (Å²) in [5, 5.41) is 0. The van der Waals surface area contributed by atoms with Crippen molar-refractivity contribution in [3.8, 4) is 0 Å². The van der Waals surface area contributed by atoms with E-state index in [2.05, 4.69) is 9.47 Å². The maximum atomic E-state index is 11.8. The lowest BCUT2D eigenvalue weighted by Gasteiger charge is -2.26. The predicted octanol–water partition coefficient (Wildman–Crippen LogP) is 1.14. The third-order valence-electron chi connectivity index (χ3n) is 1.52. The Morgan fingerprint density at radius 2 is 1.50 bits per heavy atom. The zero-order chi connectivity index (χ0) is 11.2. The monoisotopic (exact) mass is 210 g/mol. The van der Waals surface area contributed by atoms with Crippen LogP contribution in [0.1, 0.15) is 20.3 Å². The molecule has 6 heteroatoms. The molecule has 0 amide bonds. The van der Waals surface area contributed by atoms with Gasteiger partial charge < -0.3 is 9.47 Å². The van der Waals surface area contributed by atoms with E-state index < -0.39 is 31.1 Å². The zero-order valence-corrected chi connectivity index (χ0v) is 8.01. The minimum atomic E-state index is -1.59. The number of halogens is 2. The van der Waals surface area contributed by atoms with Crippen LogP contribution in [-0.4, -0.2) is 31.1 Å². The van der Waals surface area contributed by atoms with Crippen molar-refractivity contribution in [2.75, 3.05) is 13.3 Å². The molecule has 0 fully saturated rings. The third-order valence-corrected chi connectivity index (χ3v) is 1.52. The van der Waals surface area contributed by atoms with E-state index in [1.165, 1.54) is 6.92 Å². The Balaban J connectivity index is 4.31. The highest BCUT2D eigenvalue weighted by atomic mass is 19.1. The van der Waals surface area contributed by atoms with Gasteiger partial charge in [-0.3, -0.25) is 0 Å². The van der Waals surface area contributed by atoms with E-state index in [0.29, 0.717) is 0 Å². The molecule has 0 rings (SSSR count).